The van der Waals surface area contributed by atoms with Crippen molar-refractivity contribution in [1.82, 2.24) is 19.7 Å². The Hall–Kier alpha value is -2.58. The minimum Gasteiger partial charge on any atom is -0.495 e. The number of aromatic nitrogens is 4. The Balaban J connectivity index is 1.74. The zero-order valence-electron chi connectivity index (χ0n) is 16.3. The molecule has 1 N–H and O–H groups in total. The molecule has 1 fully saturated rings. The highest BCUT2D eigenvalue weighted by molar-refractivity contribution is 6.32. The van der Waals surface area contributed by atoms with Crippen molar-refractivity contribution in [2.75, 3.05) is 30.4 Å². The number of hydrogen-bond acceptors (Lipinski definition) is 7. The van der Waals surface area contributed by atoms with Crippen LogP contribution < -0.4 is 15.0 Å². The van der Waals surface area contributed by atoms with Crippen molar-refractivity contribution in [2.45, 2.75) is 26.1 Å². The number of benzene rings is 1. The normalized spacial score (nSPS) is 19.8. The molecule has 3 heterocycles. The van der Waals surface area contributed by atoms with E-state index < -0.39 is 0 Å². The molecule has 4 rings (SSSR count). The number of fused-ring (bicyclic) bond motifs is 1. The maximum absolute atomic E-state index is 6.27. The van der Waals surface area contributed by atoms with Crippen molar-refractivity contribution in [3.8, 4) is 5.75 Å². The predicted octanol–water partition coefficient (Wildman–Crippen LogP) is 3.38. The van der Waals surface area contributed by atoms with Gasteiger partial charge in [-0.1, -0.05) is 11.6 Å². The number of methoxy groups -OCH3 is 1. The predicted molar refractivity (Wildman–Crippen MR) is 110 cm³/mol. The fourth-order valence-corrected chi connectivity index (χ4v) is 3.73. The number of halogens is 1. The largest absolute Gasteiger partial charge is 0.495 e. The van der Waals surface area contributed by atoms with Crippen LogP contribution in [0.4, 0.5) is 17.5 Å². The van der Waals surface area contributed by atoms with Crippen molar-refractivity contribution >= 4 is 40.1 Å². The van der Waals surface area contributed by atoms with E-state index in [4.69, 9.17) is 31.0 Å². The van der Waals surface area contributed by atoms with Crippen molar-refractivity contribution in [3.63, 3.8) is 0 Å². The van der Waals surface area contributed by atoms with Crippen LogP contribution in [0.2, 0.25) is 5.02 Å². The molecular weight excluding hydrogens is 380 g/mol. The third-order valence-corrected chi connectivity index (χ3v) is 4.99. The van der Waals surface area contributed by atoms with Gasteiger partial charge in [0.25, 0.3) is 0 Å². The van der Waals surface area contributed by atoms with Crippen LogP contribution in [0.15, 0.2) is 24.4 Å². The molecule has 1 aliphatic rings. The highest BCUT2D eigenvalue weighted by atomic mass is 35.5. The summed E-state index contributed by atoms with van der Waals surface area (Å²) in [4.78, 5) is 11.7. The molecule has 3 aromatic rings. The second-order valence-corrected chi connectivity index (χ2v) is 7.42. The van der Waals surface area contributed by atoms with E-state index in [0.717, 1.165) is 29.8 Å². The first-order chi connectivity index (χ1) is 13.4. The molecule has 28 heavy (non-hydrogen) atoms. The first kappa shape index (κ1) is 18.8. The molecule has 0 spiro atoms. The van der Waals surface area contributed by atoms with Crippen LogP contribution in [0.1, 0.15) is 13.8 Å². The van der Waals surface area contributed by atoms with Crippen LogP contribution in [-0.2, 0) is 11.8 Å². The maximum atomic E-state index is 6.27. The van der Waals surface area contributed by atoms with Gasteiger partial charge < -0.3 is 19.7 Å². The lowest BCUT2D eigenvalue weighted by Crippen LogP contribution is -2.46. The summed E-state index contributed by atoms with van der Waals surface area (Å²) in [6.07, 6.45) is 2.00. The molecule has 1 aliphatic heterocycles. The monoisotopic (exact) mass is 402 g/mol. The molecule has 0 amide bonds. The maximum Gasteiger partial charge on any atom is 0.229 e. The number of ether oxygens (including phenoxy) is 2. The number of rotatable bonds is 4. The van der Waals surface area contributed by atoms with Crippen LogP contribution in [0, 0.1) is 0 Å². The Morgan fingerprint density at radius 3 is 2.64 bits per heavy atom. The second kappa shape index (κ2) is 7.44. The zero-order chi connectivity index (χ0) is 19.8. The summed E-state index contributed by atoms with van der Waals surface area (Å²) in [5, 5.41) is 9.06. The molecule has 0 saturated carbocycles. The molecular formula is C19H23ClN6O2. The number of hydrogen-bond donors (Lipinski definition) is 1. The zero-order valence-corrected chi connectivity index (χ0v) is 17.1. The average molecular weight is 403 g/mol. The molecule has 0 unspecified atom stereocenters. The number of nitrogens with one attached hydrogen (secondary N) is 1. The number of anilines is 3. The molecule has 0 bridgehead atoms. The van der Waals surface area contributed by atoms with Crippen molar-refractivity contribution < 1.29 is 9.47 Å². The minimum atomic E-state index is 0.117. The summed E-state index contributed by atoms with van der Waals surface area (Å²) >= 11 is 6.27. The van der Waals surface area contributed by atoms with Crippen molar-refractivity contribution in [3.05, 3.63) is 29.4 Å². The van der Waals surface area contributed by atoms with E-state index in [9.17, 15) is 0 Å². The Morgan fingerprint density at radius 1 is 1.21 bits per heavy atom. The third-order valence-electron chi connectivity index (χ3n) is 4.70. The van der Waals surface area contributed by atoms with Gasteiger partial charge >= 0.3 is 0 Å². The van der Waals surface area contributed by atoms with Gasteiger partial charge in [-0.15, -0.1) is 0 Å². The topological polar surface area (TPSA) is 77.3 Å². The lowest BCUT2D eigenvalue weighted by molar-refractivity contribution is -0.00569. The van der Waals surface area contributed by atoms with Crippen molar-refractivity contribution in [1.29, 1.82) is 0 Å². The summed E-state index contributed by atoms with van der Waals surface area (Å²) in [5.74, 6) is 1.96. The van der Waals surface area contributed by atoms with Crippen LogP contribution >= 0.6 is 11.6 Å². The quantitative estimate of drug-likeness (QED) is 0.716. The number of morpholine rings is 1. The number of nitrogens with zero attached hydrogens (tertiary/aromatic N) is 5. The van der Waals surface area contributed by atoms with Gasteiger partial charge in [0.2, 0.25) is 5.95 Å². The van der Waals surface area contributed by atoms with Crippen LogP contribution in [0.3, 0.4) is 0 Å². The standard InChI is InChI=1S/C19H23ClN6O2/c1-11-9-26(10-12(2)28-11)19-23-17(14-8-21-25(3)18(14)24-19)22-13-5-6-16(27-4)15(20)7-13/h5-8,11-12H,9-10H2,1-4H3,(H,22,23,24)/t11-,12+. The van der Waals surface area contributed by atoms with E-state index >= 15 is 0 Å². The van der Waals surface area contributed by atoms with E-state index in [-0.39, 0.29) is 12.2 Å². The summed E-state index contributed by atoms with van der Waals surface area (Å²) < 4.78 is 12.8. The summed E-state index contributed by atoms with van der Waals surface area (Å²) in [6.45, 7) is 5.59. The third kappa shape index (κ3) is 3.57. The van der Waals surface area contributed by atoms with Crippen molar-refractivity contribution in [2.24, 2.45) is 7.05 Å². The van der Waals surface area contributed by atoms with Crippen LogP contribution in [-0.4, -0.2) is 52.2 Å². The minimum absolute atomic E-state index is 0.117. The van der Waals surface area contributed by atoms with E-state index in [2.05, 4.69) is 29.2 Å². The first-order valence-corrected chi connectivity index (χ1v) is 9.53. The Kier molecular flexibility index (Phi) is 4.99. The van der Waals surface area contributed by atoms with Gasteiger partial charge in [0.05, 0.1) is 35.9 Å². The van der Waals surface area contributed by atoms with Gasteiger partial charge in [-0.05, 0) is 32.0 Å². The highest BCUT2D eigenvalue weighted by Gasteiger charge is 2.25. The van der Waals surface area contributed by atoms with E-state index in [0.29, 0.717) is 22.5 Å². The second-order valence-electron chi connectivity index (χ2n) is 7.01. The molecule has 1 aromatic carbocycles. The van der Waals surface area contributed by atoms with E-state index in [1.54, 1.807) is 18.0 Å². The van der Waals surface area contributed by atoms with Gasteiger partial charge in [-0.2, -0.15) is 15.1 Å². The number of aryl methyl sites for hydroxylation is 1. The van der Waals surface area contributed by atoms with Gasteiger partial charge in [-0.3, -0.25) is 4.68 Å². The Labute approximate surface area is 168 Å². The molecule has 2 aromatic heterocycles. The molecule has 1 saturated heterocycles. The summed E-state index contributed by atoms with van der Waals surface area (Å²) in [6, 6.07) is 5.52. The van der Waals surface area contributed by atoms with E-state index in [1.165, 1.54) is 0 Å². The fourth-order valence-electron chi connectivity index (χ4n) is 3.47. The van der Waals surface area contributed by atoms with Gasteiger partial charge in [-0.25, -0.2) is 0 Å². The molecule has 8 nitrogen and oxygen atoms in total. The Morgan fingerprint density at radius 2 is 1.96 bits per heavy atom. The lowest BCUT2D eigenvalue weighted by Gasteiger charge is -2.35. The highest BCUT2D eigenvalue weighted by Crippen LogP contribution is 2.31. The molecule has 0 aliphatic carbocycles. The van der Waals surface area contributed by atoms with Gasteiger partial charge in [0.1, 0.15) is 11.6 Å². The molecule has 2 atom stereocenters. The summed E-state index contributed by atoms with van der Waals surface area (Å²) in [5.41, 5.74) is 1.57. The van der Waals surface area contributed by atoms with Gasteiger partial charge in [0.15, 0.2) is 5.65 Å². The van der Waals surface area contributed by atoms with E-state index in [1.807, 2.05) is 25.2 Å². The average Bonchev–Trinajstić information content (AvgIpc) is 3.02. The van der Waals surface area contributed by atoms with Crippen LogP contribution in [0.25, 0.3) is 11.0 Å². The molecule has 148 valence electrons. The smallest absolute Gasteiger partial charge is 0.229 e. The lowest BCUT2D eigenvalue weighted by atomic mass is 10.2. The fraction of sp³-hybridized carbons (Fsp3) is 0.421. The first-order valence-electron chi connectivity index (χ1n) is 9.15. The van der Waals surface area contributed by atoms with Gasteiger partial charge in [0, 0.05) is 25.8 Å². The van der Waals surface area contributed by atoms with Crippen LogP contribution in [0.5, 0.6) is 5.75 Å². The summed E-state index contributed by atoms with van der Waals surface area (Å²) in [7, 11) is 3.46. The molecule has 9 heteroatoms. The Bertz CT molecular complexity index is 997. The molecule has 0 radical (unpaired) electrons. The SMILES string of the molecule is COc1ccc(Nc2nc(N3C[C@@H](C)O[C@@H](C)C3)nc3c2cnn3C)cc1Cl.